The molecule has 9 atom stereocenters. The molecule has 0 amide bonds. The fourth-order valence-corrected chi connectivity index (χ4v) is 13.3. The molecule has 3 saturated carbocycles. The molecule has 2 unspecified atom stereocenters. The summed E-state index contributed by atoms with van der Waals surface area (Å²) in [5.41, 5.74) is 0.451. The van der Waals surface area contributed by atoms with Gasteiger partial charge in [0.15, 0.2) is 25.0 Å². The third-order valence-electron chi connectivity index (χ3n) is 16.7. The minimum absolute atomic E-state index is 0.0714. The summed E-state index contributed by atoms with van der Waals surface area (Å²) in [4.78, 5) is 12.2. The molecule has 0 aromatic heterocycles. The molecule has 0 heterocycles. The Labute approximate surface area is 320 Å². The average molecular weight is 767 g/mol. The van der Waals surface area contributed by atoms with Gasteiger partial charge in [0.1, 0.15) is 0 Å². The van der Waals surface area contributed by atoms with Gasteiger partial charge in [0.05, 0.1) is 7.11 Å². The van der Waals surface area contributed by atoms with E-state index in [-0.39, 0.29) is 31.9 Å². The van der Waals surface area contributed by atoms with Crippen LogP contribution in [0.2, 0.25) is 54.4 Å². The Balaban J connectivity index is 2.03. The SMILES string of the molecule is COC(=O)CC[C@@H](C)[C@H]1CCC2[C@H](CO[Si](C)(C)C(C)(C)C)C([C@@]3(C)CC[C@H](O[Si](C)(C)C(C)(C)C)C[C@@H]3CO[Si](C)(C)C(C)(C)C)CC[C@@]21C. The Morgan fingerprint density at radius 1 is 0.706 bits per heavy atom. The summed E-state index contributed by atoms with van der Waals surface area (Å²) in [6.07, 6.45) is 10.3. The van der Waals surface area contributed by atoms with Gasteiger partial charge in [-0.3, -0.25) is 4.79 Å². The van der Waals surface area contributed by atoms with Gasteiger partial charge in [0, 0.05) is 25.7 Å². The van der Waals surface area contributed by atoms with Crippen LogP contribution in [0.15, 0.2) is 0 Å². The van der Waals surface area contributed by atoms with Gasteiger partial charge in [-0.1, -0.05) is 83.1 Å². The van der Waals surface area contributed by atoms with Gasteiger partial charge in [-0.05, 0) is 152 Å². The summed E-state index contributed by atoms with van der Waals surface area (Å²) in [7, 11) is -4.27. The zero-order valence-corrected chi connectivity index (χ0v) is 40.4. The van der Waals surface area contributed by atoms with Gasteiger partial charge >= 0.3 is 5.97 Å². The van der Waals surface area contributed by atoms with Crippen molar-refractivity contribution in [3.8, 4) is 0 Å². The first-order chi connectivity index (χ1) is 22.9. The van der Waals surface area contributed by atoms with E-state index in [1.165, 1.54) is 39.2 Å². The molecule has 0 bridgehead atoms. The number of esters is 1. The molecule has 3 aliphatic carbocycles. The van der Waals surface area contributed by atoms with Gasteiger partial charge in [0.2, 0.25) is 0 Å². The third-order valence-corrected chi connectivity index (χ3v) is 30.3. The largest absolute Gasteiger partial charge is 0.469 e. The van der Waals surface area contributed by atoms with Crippen molar-refractivity contribution in [1.29, 1.82) is 0 Å². The lowest BCUT2D eigenvalue weighted by molar-refractivity contribution is -0.141. The van der Waals surface area contributed by atoms with Gasteiger partial charge < -0.3 is 18.0 Å². The smallest absolute Gasteiger partial charge is 0.305 e. The van der Waals surface area contributed by atoms with Gasteiger partial charge in [0.25, 0.3) is 0 Å². The molecule has 51 heavy (non-hydrogen) atoms. The van der Waals surface area contributed by atoms with E-state index in [4.69, 9.17) is 18.0 Å². The topological polar surface area (TPSA) is 54.0 Å². The minimum atomic E-state index is -1.95. The van der Waals surface area contributed by atoms with Crippen LogP contribution in [0, 0.1) is 46.3 Å². The van der Waals surface area contributed by atoms with E-state index in [9.17, 15) is 4.79 Å². The van der Waals surface area contributed by atoms with Crippen LogP contribution in [-0.4, -0.2) is 57.3 Å². The lowest BCUT2D eigenvalue weighted by atomic mass is 9.48. The second kappa shape index (κ2) is 15.9. The zero-order chi connectivity index (χ0) is 39.2. The van der Waals surface area contributed by atoms with Crippen molar-refractivity contribution in [2.24, 2.45) is 46.3 Å². The van der Waals surface area contributed by atoms with E-state index in [0.717, 1.165) is 32.5 Å². The molecule has 0 aromatic carbocycles. The Bertz CT molecular complexity index is 1160. The van der Waals surface area contributed by atoms with Crippen LogP contribution < -0.4 is 0 Å². The number of hydrogen-bond acceptors (Lipinski definition) is 5. The highest BCUT2D eigenvalue weighted by Gasteiger charge is 2.60. The van der Waals surface area contributed by atoms with Crippen molar-refractivity contribution in [3.05, 3.63) is 0 Å². The highest BCUT2D eigenvalue weighted by molar-refractivity contribution is 6.74. The molecular weight excluding hydrogens is 681 g/mol. The summed E-state index contributed by atoms with van der Waals surface area (Å²) < 4.78 is 26.8. The molecule has 0 spiro atoms. The molecule has 3 rings (SSSR count). The highest BCUT2D eigenvalue weighted by atomic mass is 28.4. The maximum absolute atomic E-state index is 12.2. The fraction of sp³-hybridized carbons (Fsp3) is 0.977. The van der Waals surface area contributed by atoms with Gasteiger partial charge in [-0.25, -0.2) is 0 Å². The third kappa shape index (κ3) is 9.88. The lowest BCUT2D eigenvalue weighted by Crippen LogP contribution is -2.56. The number of rotatable bonds is 13. The van der Waals surface area contributed by atoms with Crippen molar-refractivity contribution in [2.75, 3.05) is 20.3 Å². The highest BCUT2D eigenvalue weighted by Crippen LogP contribution is 2.66. The van der Waals surface area contributed by atoms with Crippen LogP contribution in [0.1, 0.15) is 141 Å². The Hall–Kier alpha value is 0.000649. The summed E-state index contributed by atoms with van der Waals surface area (Å²) >= 11 is 0. The van der Waals surface area contributed by atoms with Crippen molar-refractivity contribution in [2.45, 2.75) is 201 Å². The van der Waals surface area contributed by atoms with Gasteiger partial charge in [-0.15, -0.1) is 0 Å². The molecule has 5 nitrogen and oxygen atoms in total. The van der Waals surface area contributed by atoms with E-state index < -0.39 is 25.0 Å². The van der Waals surface area contributed by atoms with Crippen molar-refractivity contribution in [3.63, 3.8) is 0 Å². The molecule has 0 aromatic rings. The Kier molecular flexibility index (Phi) is 14.1. The van der Waals surface area contributed by atoms with E-state index in [0.29, 0.717) is 48.0 Å². The van der Waals surface area contributed by atoms with Crippen molar-refractivity contribution >= 4 is 30.9 Å². The minimum Gasteiger partial charge on any atom is -0.469 e. The maximum Gasteiger partial charge on any atom is 0.305 e. The molecule has 0 N–H and O–H groups in total. The van der Waals surface area contributed by atoms with E-state index in [1.54, 1.807) is 0 Å². The predicted octanol–water partition coefficient (Wildman–Crippen LogP) is 12.9. The fourth-order valence-electron chi connectivity index (χ4n) is 9.84. The number of ether oxygens (including phenoxy) is 1. The van der Waals surface area contributed by atoms with Crippen LogP contribution in [-0.2, 0) is 22.8 Å². The molecule has 0 radical (unpaired) electrons. The van der Waals surface area contributed by atoms with Crippen molar-refractivity contribution in [1.82, 2.24) is 0 Å². The second-order valence-electron chi connectivity index (χ2n) is 22.8. The maximum atomic E-state index is 12.2. The number of carbonyl (C=O) groups is 1. The summed E-state index contributed by atoms with van der Waals surface area (Å²) in [6.45, 7) is 45.5. The molecule has 300 valence electrons. The normalized spacial score (nSPS) is 33.5. The molecule has 3 aliphatic rings. The zero-order valence-electron chi connectivity index (χ0n) is 37.4. The number of carbonyl (C=O) groups excluding carboxylic acids is 1. The van der Waals surface area contributed by atoms with E-state index >= 15 is 0 Å². The molecule has 8 heteroatoms. The first kappa shape index (κ1) is 45.4. The molecule has 3 fully saturated rings. The standard InChI is InChI=1S/C43H86O5Si3/c1-31(20-23-38(44)45-13)35-21-22-36-34(30-47-50(16,17)40(5,6)7)37(25-27-43(35,36)12)42(11)26-24-33(48-51(18,19)41(8,9)10)28-32(42)29-46-49(14,15)39(2,3)4/h31-37H,20-30H2,1-19H3/t31-,32-,33+,34+,35-,36?,37?,42+,43-/m1/s1. The summed E-state index contributed by atoms with van der Waals surface area (Å²) in [5.74, 6) is 3.34. The monoisotopic (exact) mass is 767 g/mol. The number of methoxy groups -OCH3 is 1. The molecular formula is C43H86O5Si3. The summed E-state index contributed by atoms with van der Waals surface area (Å²) in [6, 6.07) is 0. The summed E-state index contributed by atoms with van der Waals surface area (Å²) in [5, 5.41) is 0.572. The van der Waals surface area contributed by atoms with Crippen LogP contribution >= 0.6 is 0 Å². The van der Waals surface area contributed by atoms with E-state index in [2.05, 4.69) is 122 Å². The van der Waals surface area contributed by atoms with Crippen molar-refractivity contribution < 1.29 is 22.8 Å². The molecule has 0 aliphatic heterocycles. The van der Waals surface area contributed by atoms with Crippen LogP contribution in [0.25, 0.3) is 0 Å². The Morgan fingerprint density at radius 3 is 1.71 bits per heavy atom. The second-order valence-corrected chi connectivity index (χ2v) is 37.2. The number of fused-ring (bicyclic) bond motifs is 1. The van der Waals surface area contributed by atoms with E-state index in [1.807, 2.05) is 0 Å². The number of hydrogen-bond donors (Lipinski definition) is 0. The van der Waals surface area contributed by atoms with Crippen LogP contribution in [0.3, 0.4) is 0 Å². The lowest BCUT2D eigenvalue weighted by Gasteiger charge is -2.59. The Morgan fingerprint density at radius 2 is 1.20 bits per heavy atom. The quantitative estimate of drug-likeness (QED) is 0.138. The average Bonchev–Trinajstić information content (AvgIpc) is 3.34. The first-order valence-corrected chi connectivity index (χ1v) is 29.7. The first-order valence-electron chi connectivity index (χ1n) is 21.0. The van der Waals surface area contributed by atoms with Crippen LogP contribution in [0.4, 0.5) is 0 Å². The molecule has 0 saturated heterocycles. The van der Waals surface area contributed by atoms with Crippen LogP contribution in [0.5, 0.6) is 0 Å². The predicted molar refractivity (Wildman–Crippen MR) is 225 cm³/mol. The van der Waals surface area contributed by atoms with Gasteiger partial charge in [-0.2, -0.15) is 0 Å².